The molecule has 118 valence electrons. The third-order valence-electron chi connectivity index (χ3n) is 4.59. The fraction of sp³-hybridized carbons (Fsp3) is 0.867. The molecule has 0 aromatic rings. The molecular weight excluding hydrogens is 288 g/mol. The normalized spacial score (nSPS) is 39.1. The van der Waals surface area contributed by atoms with Crippen LogP contribution in [0.5, 0.6) is 0 Å². The van der Waals surface area contributed by atoms with Crippen molar-refractivity contribution in [2.24, 2.45) is 10.9 Å². The van der Waals surface area contributed by atoms with Crippen LogP contribution in [0.25, 0.3) is 0 Å². The highest BCUT2D eigenvalue weighted by atomic mass is 32.2. The van der Waals surface area contributed by atoms with Crippen molar-refractivity contribution in [2.75, 3.05) is 13.1 Å². The van der Waals surface area contributed by atoms with Gasteiger partial charge in [-0.2, -0.15) is 0 Å². The summed E-state index contributed by atoms with van der Waals surface area (Å²) in [6.45, 7) is 7.86. The fourth-order valence-electron chi connectivity index (χ4n) is 3.45. The summed E-state index contributed by atoms with van der Waals surface area (Å²) in [5.74, 6) is -0.0420. The molecule has 3 aliphatic rings. The van der Waals surface area contributed by atoms with Crippen LogP contribution in [0.3, 0.4) is 0 Å². The molecule has 0 N–H and O–H groups in total. The van der Waals surface area contributed by atoms with E-state index in [1.54, 1.807) is 11.8 Å². The van der Waals surface area contributed by atoms with Gasteiger partial charge >= 0.3 is 5.97 Å². The lowest BCUT2D eigenvalue weighted by Crippen LogP contribution is -2.51. The summed E-state index contributed by atoms with van der Waals surface area (Å²) in [5.41, 5.74) is -0.00824. The van der Waals surface area contributed by atoms with Gasteiger partial charge in [0.05, 0.1) is 6.10 Å². The Labute approximate surface area is 130 Å². The number of carbonyl (C=O) groups excluding carboxylic acids is 1. The molecule has 5 nitrogen and oxygen atoms in total. The van der Waals surface area contributed by atoms with Gasteiger partial charge in [-0.1, -0.05) is 25.6 Å². The number of likely N-dealkylation sites (tertiary alicyclic amines) is 1. The van der Waals surface area contributed by atoms with Crippen LogP contribution in [0, 0.1) is 5.92 Å². The largest absolute Gasteiger partial charge is 0.460 e. The molecule has 3 heterocycles. The average Bonchev–Trinajstić information content (AvgIpc) is 3.09. The topological polar surface area (TPSA) is 51.1 Å². The number of hydrogen-bond donors (Lipinski definition) is 0. The minimum atomic E-state index is -0.225. The van der Waals surface area contributed by atoms with Crippen LogP contribution >= 0.6 is 11.8 Å². The zero-order valence-electron chi connectivity index (χ0n) is 12.9. The summed E-state index contributed by atoms with van der Waals surface area (Å²) in [6.07, 6.45) is 3.37. The molecule has 0 radical (unpaired) electrons. The molecule has 0 unspecified atom stereocenters. The molecule has 0 bridgehead atoms. The molecule has 0 saturated carbocycles. The Morgan fingerprint density at radius 3 is 2.81 bits per heavy atom. The number of thioether (sulfide) groups is 1. The van der Waals surface area contributed by atoms with Gasteiger partial charge < -0.3 is 14.4 Å². The summed E-state index contributed by atoms with van der Waals surface area (Å²) in [5, 5.41) is 1.07. The summed E-state index contributed by atoms with van der Waals surface area (Å²) in [7, 11) is 0. The van der Waals surface area contributed by atoms with Crippen molar-refractivity contribution in [1.29, 1.82) is 0 Å². The number of hydrogen-bond acceptors (Lipinski definition) is 6. The summed E-state index contributed by atoms with van der Waals surface area (Å²) in [4.78, 5) is 18.6. The van der Waals surface area contributed by atoms with E-state index in [0.29, 0.717) is 0 Å². The molecular formula is C15H24N2O3S. The maximum atomic E-state index is 11.5. The lowest BCUT2D eigenvalue weighted by molar-refractivity contribution is -0.166. The van der Waals surface area contributed by atoms with E-state index in [9.17, 15) is 4.79 Å². The number of rotatable bonds is 2. The molecule has 0 amide bonds. The first kappa shape index (κ1) is 15.2. The van der Waals surface area contributed by atoms with Gasteiger partial charge in [0, 0.05) is 25.9 Å². The quantitative estimate of drug-likeness (QED) is 0.732. The van der Waals surface area contributed by atoms with Gasteiger partial charge in [0.1, 0.15) is 17.6 Å². The van der Waals surface area contributed by atoms with Crippen LogP contribution in [0.4, 0.5) is 0 Å². The van der Waals surface area contributed by atoms with Crippen LogP contribution in [-0.4, -0.2) is 52.8 Å². The Bertz CT molecular complexity index is 437. The third kappa shape index (κ3) is 2.93. The molecule has 21 heavy (non-hydrogen) atoms. The zero-order valence-corrected chi connectivity index (χ0v) is 13.8. The van der Waals surface area contributed by atoms with Gasteiger partial charge in [-0.3, -0.25) is 9.79 Å². The summed E-state index contributed by atoms with van der Waals surface area (Å²) in [6, 6.07) is -0.0627. The Morgan fingerprint density at radius 1 is 1.48 bits per heavy atom. The highest BCUT2D eigenvalue weighted by Crippen LogP contribution is 2.41. The zero-order chi connectivity index (χ0) is 15.0. The average molecular weight is 312 g/mol. The number of carbonyl (C=O) groups is 1. The van der Waals surface area contributed by atoms with Gasteiger partial charge in [-0.15, -0.1) is 0 Å². The number of nitrogens with zero attached hydrogens (tertiary/aromatic N) is 2. The minimum Gasteiger partial charge on any atom is -0.460 e. The second-order valence-electron chi connectivity index (χ2n) is 6.10. The molecule has 0 spiro atoms. The molecule has 6 heteroatoms. The molecule has 3 aliphatic heterocycles. The van der Waals surface area contributed by atoms with Crippen molar-refractivity contribution in [3.63, 3.8) is 0 Å². The van der Waals surface area contributed by atoms with E-state index in [1.807, 2.05) is 0 Å². The Balaban J connectivity index is 1.80. The van der Waals surface area contributed by atoms with Gasteiger partial charge in [-0.25, -0.2) is 0 Å². The first-order chi connectivity index (χ1) is 10.1. The predicted octanol–water partition coefficient (Wildman–Crippen LogP) is 2.26. The maximum Gasteiger partial charge on any atom is 0.302 e. The smallest absolute Gasteiger partial charge is 0.302 e. The van der Waals surface area contributed by atoms with Gasteiger partial charge in [-0.05, 0) is 19.3 Å². The summed E-state index contributed by atoms with van der Waals surface area (Å²) < 4.78 is 11.8. The van der Waals surface area contributed by atoms with Crippen molar-refractivity contribution in [3.8, 4) is 0 Å². The Hall–Kier alpha value is -0.750. The van der Waals surface area contributed by atoms with Crippen LogP contribution in [0.15, 0.2) is 4.99 Å². The van der Waals surface area contributed by atoms with E-state index in [4.69, 9.17) is 14.5 Å². The Kier molecular flexibility index (Phi) is 4.45. The lowest BCUT2D eigenvalue weighted by atomic mass is 9.88. The first-order valence-corrected chi connectivity index (χ1v) is 8.80. The Morgan fingerprint density at radius 2 is 2.19 bits per heavy atom. The maximum absolute atomic E-state index is 11.5. The number of ether oxygens (including phenoxy) is 2. The lowest BCUT2D eigenvalue weighted by Gasteiger charge is -2.40. The van der Waals surface area contributed by atoms with Crippen molar-refractivity contribution in [2.45, 2.75) is 63.7 Å². The van der Waals surface area contributed by atoms with Crippen LogP contribution in [0.1, 0.15) is 40.0 Å². The molecule has 0 aromatic heterocycles. The van der Waals surface area contributed by atoms with E-state index < -0.39 is 0 Å². The van der Waals surface area contributed by atoms with E-state index in [2.05, 4.69) is 18.7 Å². The van der Waals surface area contributed by atoms with Crippen molar-refractivity contribution in [3.05, 3.63) is 0 Å². The standard InChI is InChI=1S/C15H24N2O3S/c1-4-11-9(2)13(19-10(3)18)12-14(20-11)21-15(16-12)17-7-5-6-8-17/h9,11-14H,4-8H2,1-3H3/t9-,11+,12+,13-,14+/m0/s1. The molecule has 0 aliphatic carbocycles. The molecule has 2 fully saturated rings. The van der Waals surface area contributed by atoms with Gasteiger partial charge in [0.2, 0.25) is 0 Å². The van der Waals surface area contributed by atoms with Crippen LogP contribution < -0.4 is 0 Å². The monoisotopic (exact) mass is 312 g/mol. The molecule has 0 aromatic carbocycles. The first-order valence-electron chi connectivity index (χ1n) is 7.92. The highest BCUT2D eigenvalue weighted by molar-refractivity contribution is 8.14. The van der Waals surface area contributed by atoms with E-state index in [-0.39, 0.29) is 35.6 Å². The molecule has 5 atom stereocenters. The second kappa shape index (κ2) is 6.16. The van der Waals surface area contributed by atoms with Gasteiger partial charge in [0.25, 0.3) is 0 Å². The number of aliphatic imine (C=N–C) groups is 1. The third-order valence-corrected chi connectivity index (χ3v) is 5.79. The SMILES string of the molecule is CC[C@H]1O[C@@H]2SC(N3CCCC3)=N[C@@H]2[C@@H](OC(C)=O)[C@H]1C. The van der Waals surface area contributed by atoms with Gasteiger partial charge in [0.15, 0.2) is 5.17 Å². The predicted molar refractivity (Wildman–Crippen MR) is 83.3 cm³/mol. The number of amidine groups is 1. The van der Waals surface area contributed by atoms with E-state index in [0.717, 1.165) is 24.7 Å². The highest BCUT2D eigenvalue weighted by Gasteiger charge is 2.49. The van der Waals surface area contributed by atoms with Crippen LogP contribution in [0.2, 0.25) is 0 Å². The van der Waals surface area contributed by atoms with Crippen molar-refractivity contribution >= 4 is 22.9 Å². The fourth-order valence-corrected chi connectivity index (χ4v) is 4.72. The number of esters is 1. The molecule has 2 saturated heterocycles. The van der Waals surface area contributed by atoms with Crippen LogP contribution in [-0.2, 0) is 14.3 Å². The summed E-state index contributed by atoms with van der Waals surface area (Å²) >= 11 is 1.71. The molecule has 3 rings (SSSR count). The van der Waals surface area contributed by atoms with E-state index >= 15 is 0 Å². The second-order valence-corrected chi connectivity index (χ2v) is 7.16. The van der Waals surface area contributed by atoms with Crippen molar-refractivity contribution in [1.82, 2.24) is 4.90 Å². The minimum absolute atomic E-state index is 0.00824. The number of fused-ring (bicyclic) bond motifs is 1. The van der Waals surface area contributed by atoms with Crippen molar-refractivity contribution < 1.29 is 14.3 Å². The van der Waals surface area contributed by atoms with E-state index in [1.165, 1.54) is 19.8 Å².